The van der Waals surface area contributed by atoms with Gasteiger partial charge >= 0.3 is 0 Å². The zero-order valence-electron chi connectivity index (χ0n) is 9.06. The van der Waals surface area contributed by atoms with Crippen LogP contribution in [0.1, 0.15) is 30.0 Å². The molecule has 0 bridgehead atoms. The molecule has 0 aliphatic carbocycles. The van der Waals surface area contributed by atoms with Crippen molar-refractivity contribution in [2.45, 2.75) is 26.3 Å². The van der Waals surface area contributed by atoms with E-state index in [9.17, 15) is 4.79 Å². The Labute approximate surface area is 97.3 Å². The van der Waals surface area contributed by atoms with Crippen molar-refractivity contribution < 1.29 is 9.21 Å². The second-order valence-electron chi connectivity index (χ2n) is 4.10. The lowest BCUT2D eigenvalue weighted by molar-refractivity contribution is 0.0885. The molecule has 0 aliphatic heterocycles. The molecule has 0 saturated heterocycles. The van der Waals surface area contributed by atoms with E-state index < -0.39 is 5.54 Å². The predicted octanol–water partition coefficient (Wildman–Crippen LogP) is 1.82. The highest BCUT2D eigenvalue weighted by molar-refractivity contribution is 9.10. The summed E-state index contributed by atoms with van der Waals surface area (Å²) in [5.41, 5.74) is 5.89. The van der Waals surface area contributed by atoms with E-state index in [0.29, 0.717) is 17.0 Å². The summed E-state index contributed by atoms with van der Waals surface area (Å²) in [7, 11) is 0. The van der Waals surface area contributed by atoms with E-state index in [4.69, 9.17) is 10.2 Å². The van der Waals surface area contributed by atoms with Crippen LogP contribution in [0, 0.1) is 6.92 Å². The third kappa shape index (κ3) is 3.07. The first-order chi connectivity index (χ1) is 6.85. The highest BCUT2D eigenvalue weighted by Crippen LogP contribution is 2.19. The van der Waals surface area contributed by atoms with Gasteiger partial charge in [-0.15, -0.1) is 0 Å². The molecule has 0 fully saturated rings. The van der Waals surface area contributed by atoms with E-state index in [-0.39, 0.29) is 5.91 Å². The van der Waals surface area contributed by atoms with Gasteiger partial charge in [0.2, 0.25) is 0 Å². The Balaban J connectivity index is 2.82. The van der Waals surface area contributed by atoms with Crippen molar-refractivity contribution in [2.75, 3.05) is 6.54 Å². The van der Waals surface area contributed by atoms with Crippen molar-refractivity contribution >= 4 is 21.8 Å². The van der Waals surface area contributed by atoms with Gasteiger partial charge in [-0.1, -0.05) is 0 Å². The Morgan fingerprint density at radius 1 is 1.67 bits per heavy atom. The summed E-state index contributed by atoms with van der Waals surface area (Å²) >= 11 is 3.18. The largest absolute Gasteiger partial charge is 0.444 e. The summed E-state index contributed by atoms with van der Waals surface area (Å²) in [5, 5.41) is 2.80. The van der Waals surface area contributed by atoms with Crippen LogP contribution in [0.4, 0.5) is 0 Å². The molecule has 1 aromatic rings. The fourth-order valence-electron chi connectivity index (χ4n) is 1.08. The Kier molecular flexibility index (Phi) is 3.57. The average molecular weight is 275 g/mol. The van der Waals surface area contributed by atoms with Crippen LogP contribution in [-0.2, 0) is 0 Å². The third-order valence-corrected chi connectivity index (χ3v) is 2.45. The van der Waals surface area contributed by atoms with Crippen LogP contribution in [0.2, 0.25) is 0 Å². The molecule has 0 saturated carbocycles. The average Bonchev–Trinajstić information content (AvgIpc) is 2.45. The topological polar surface area (TPSA) is 68.3 Å². The molecule has 1 heterocycles. The van der Waals surface area contributed by atoms with Crippen LogP contribution in [0.3, 0.4) is 0 Å². The lowest BCUT2D eigenvalue weighted by atomic mass is 10.1. The maximum atomic E-state index is 11.8. The highest BCUT2D eigenvalue weighted by atomic mass is 79.9. The summed E-state index contributed by atoms with van der Waals surface area (Å²) in [5.74, 6) is 0.0806. The molecule has 0 unspecified atom stereocenters. The van der Waals surface area contributed by atoms with Gasteiger partial charge in [0, 0.05) is 17.6 Å². The summed E-state index contributed by atoms with van der Waals surface area (Å²) in [6.07, 6.45) is 0. The summed E-state index contributed by atoms with van der Waals surface area (Å²) < 4.78 is 5.78. The van der Waals surface area contributed by atoms with Crippen molar-refractivity contribution in [3.05, 3.63) is 22.1 Å². The van der Waals surface area contributed by atoms with Crippen LogP contribution in [-0.4, -0.2) is 18.0 Å². The number of carbonyl (C=O) groups excluding carboxylic acids is 1. The molecule has 0 atom stereocenters. The molecule has 0 spiro atoms. The third-order valence-electron chi connectivity index (χ3n) is 2.06. The van der Waals surface area contributed by atoms with Crippen LogP contribution < -0.4 is 11.1 Å². The Morgan fingerprint density at radius 2 is 2.27 bits per heavy atom. The molecular formula is C10H15BrN2O2. The van der Waals surface area contributed by atoms with Crippen molar-refractivity contribution in [3.8, 4) is 0 Å². The Morgan fingerprint density at radius 3 is 2.67 bits per heavy atom. The van der Waals surface area contributed by atoms with Crippen molar-refractivity contribution in [1.82, 2.24) is 5.32 Å². The second kappa shape index (κ2) is 4.37. The van der Waals surface area contributed by atoms with E-state index in [1.807, 2.05) is 20.8 Å². The monoisotopic (exact) mass is 274 g/mol. The minimum atomic E-state index is -0.428. The zero-order chi connectivity index (χ0) is 11.6. The number of furan rings is 1. The van der Waals surface area contributed by atoms with Crippen molar-refractivity contribution in [3.63, 3.8) is 0 Å². The highest BCUT2D eigenvalue weighted by Gasteiger charge is 2.22. The van der Waals surface area contributed by atoms with E-state index in [1.165, 1.54) is 0 Å². The van der Waals surface area contributed by atoms with Crippen LogP contribution >= 0.6 is 15.9 Å². The van der Waals surface area contributed by atoms with Gasteiger partial charge < -0.3 is 15.5 Å². The molecule has 84 valence electrons. The first kappa shape index (κ1) is 12.3. The number of rotatable bonds is 3. The number of aryl methyl sites for hydroxylation is 1. The Bertz CT molecular complexity index is 371. The second-order valence-corrected chi connectivity index (χ2v) is 4.89. The van der Waals surface area contributed by atoms with Gasteiger partial charge in [0.15, 0.2) is 10.4 Å². The quantitative estimate of drug-likeness (QED) is 0.884. The van der Waals surface area contributed by atoms with Gasteiger partial charge in [-0.05, 0) is 42.8 Å². The van der Waals surface area contributed by atoms with E-state index >= 15 is 0 Å². The van der Waals surface area contributed by atoms with Crippen LogP contribution in [0.25, 0.3) is 0 Å². The lowest BCUT2D eigenvalue weighted by Crippen LogP contribution is -2.48. The van der Waals surface area contributed by atoms with Gasteiger partial charge in [-0.25, -0.2) is 0 Å². The number of halogens is 1. The van der Waals surface area contributed by atoms with Crippen LogP contribution in [0.5, 0.6) is 0 Å². The molecule has 1 rings (SSSR count). The van der Waals surface area contributed by atoms with E-state index in [1.54, 1.807) is 6.07 Å². The molecular weight excluding hydrogens is 260 g/mol. The number of hydrogen-bond donors (Lipinski definition) is 2. The Hall–Kier alpha value is -0.810. The normalized spacial score (nSPS) is 11.5. The number of hydrogen-bond acceptors (Lipinski definition) is 3. The van der Waals surface area contributed by atoms with Gasteiger partial charge in [-0.3, -0.25) is 4.79 Å². The molecule has 5 heteroatoms. The molecule has 0 radical (unpaired) electrons. The van der Waals surface area contributed by atoms with Gasteiger partial charge in [0.1, 0.15) is 0 Å². The van der Waals surface area contributed by atoms with Gasteiger partial charge in [-0.2, -0.15) is 0 Å². The van der Waals surface area contributed by atoms with E-state index in [0.717, 1.165) is 5.56 Å². The maximum absolute atomic E-state index is 11.8. The molecule has 0 aliphatic rings. The SMILES string of the molecule is Cc1cc(Br)oc1C(=O)NC(C)(C)CN. The standard InChI is InChI=1S/C10H15BrN2O2/c1-6-4-7(11)15-8(6)9(14)13-10(2,3)5-12/h4H,5,12H2,1-3H3,(H,13,14). The van der Waals surface area contributed by atoms with Crippen molar-refractivity contribution in [1.29, 1.82) is 0 Å². The smallest absolute Gasteiger partial charge is 0.287 e. The first-order valence-electron chi connectivity index (χ1n) is 4.64. The number of carbonyl (C=O) groups is 1. The minimum absolute atomic E-state index is 0.242. The summed E-state index contributed by atoms with van der Waals surface area (Å²) in [6.45, 7) is 5.91. The fraction of sp³-hybridized carbons (Fsp3) is 0.500. The molecule has 1 amide bonds. The molecule has 0 aromatic carbocycles. The van der Waals surface area contributed by atoms with Gasteiger partial charge in [0.25, 0.3) is 5.91 Å². The van der Waals surface area contributed by atoms with E-state index in [2.05, 4.69) is 21.2 Å². The molecule has 3 N–H and O–H groups in total. The number of nitrogens with two attached hydrogens (primary N) is 1. The van der Waals surface area contributed by atoms with Crippen molar-refractivity contribution in [2.24, 2.45) is 5.73 Å². The number of nitrogens with one attached hydrogen (secondary N) is 1. The molecule has 1 aromatic heterocycles. The zero-order valence-corrected chi connectivity index (χ0v) is 10.6. The van der Waals surface area contributed by atoms with Gasteiger partial charge in [0.05, 0.1) is 0 Å². The van der Waals surface area contributed by atoms with Crippen LogP contribution in [0.15, 0.2) is 15.2 Å². The maximum Gasteiger partial charge on any atom is 0.287 e. The molecule has 4 nitrogen and oxygen atoms in total. The summed E-state index contributed by atoms with van der Waals surface area (Å²) in [4.78, 5) is 11.8. The first-order valence-corrected chi connectivity index (χ1v) is 5.43. The number of amides is 1. The lowest BCUT2D eigenvalue weighted by Gasteiger charge is -2.23. The molecule has 15 heavy (non-hydrogen) atoms. The summed E-state index contributed by atoms with van der Waals surface area (Å²) in [6, 6.07) is 1.75. The fourth-order valence-corrected chi connectivity index (χ4v) is 1.59. The minimum Gasteiger partial charge on any atom is -0.444 e. The predicted molar refractivity (Wildman–Crippen MR) is 61.7 cm³/mol.